The number of hydrogen-bond donors (Lipinski definition) is 0. The third-order valence-electron chi connectivity index (χ3n) is 5.47. The highest BCUT2D eigenvalue weighted by atomic mass is 19.1. The van der Waals surface area contributed by atoms with E-state index in [4.69, 9.17) is 4.74 Å². The Morgan fingerprint density at radius 1 is 1.15 bits per heavy atom. The van der Waals surface area contributed by atoms with Crippen molar-refractivity contribution in [3.8, 4) is 17.8 Å². The summed E-state index contributed by atoms with van der Waals surface area (Å²) < 4.78 is 38.0. The SMILES string of the molecule is CCOc1c(F)cc(F)cc1Cn1c(=O)n(C)c2cnc(-n3cnc4ccc(C#N)cc43)nc21. The minimum absolute atomic E-state index is 0.119. The Labute approximate surface area is 191 Å². The quantitative estimate of drug-likeness (QED) is 0.399. The Morgan fingerprint density at radius 3 is 2.74 bits per heavy atom. The lowest BCUT2D eigenvalue weighted by Crippen LogP contribution is -2.23. The molecule has 0 radical (unpaired) electrons. The molecule has 5 rings (SSSR count). The number of nitrogens with zero attached hydrogens (tertiary/aromatic N) is 7. The molecule has 0 atom stereocenters. The highest BCUT2D eigenvalue weighted by Crippen LogP contribution is 2.26. The van der Waals surface area contributed by atoms with E-state index < -0.39 is 17.3 Å². The summed E-state index contributed by atoms with van der Waals surface area (Å²) in [5, 5.41) is 9.23. The van der Waals surface area contributed by atoms with Crippen molar-refractivity contribution in [1.29, 1.82) is 5.26 Å². The first-order valence-electron chi connectivity index (χ1n) is 10.3. The molecule has 34 heavy (non-hydrogen) atoms. The summed E-state index contributed by atoms with van der Waals surface area (Å²) >= 11 is 0. The first-order valence-corrected chi connectivity index (χ1v) is 10.3. The molecule has 0 amide bonds. The first kappa shape index (κ1) is 21.3. The van der Waals surface area contributed by atoms with Crippen molar-refractivity contribution in [3.05, 3.63) is 76.1 Å². The van der Waals surface area contributed by atoms with Crippen molar-refractivity contribution >= 4 is 22.2 Å². The predicted molar refractivity (Wildman–Crippen MR) is 119 cm³/mol. The van der Waals surface area contributed by atoms with E-state index in [1.54, 1.807) is 36.7 Å². The van der Waals surface area contributed by atoms with Crippen LogP contribution in [0, 0.1) is 23.0 Å². The summed E-state index contributed by atoms with van der Waals surface area (Å²) in [5.41, 5.74) is 2.15. The van der Waals surface area contributed by atoms with E-state index in [0.29, 0.717) is 22.1 Å². The molecular weight excluding hydrogens is 444 g/mol. The summed E-state index contributed by atoms with van der Waals surface area (Å²) in [5.74, 6) is -1.53. The average molecular weight is 461 g/mol. The molecule has 3 heterocycles. The molecule has 11 heteroatoms. The van der Waals surface area contributed by atoms with Gasteiger partial charge in [-0.25, -0.2) is 23.5 Å². The monoisotopic (exact) mass is 461 g/mol. The van der Waals surface area contributed by atoms with Gasteiger partial charge in [-0.2, -0.15) is 10.2 Å². The van der Waals surface area contributed by atoms with Gasteiger partial charge in [-0.1, -0.05) is 0 Å². The number of fused-ring (bicyclic) bond motifs is 2. The van der Waals surface area contributed by atoms with Crippen molar-refractivity contribution in [1.82, 2.24) is 28.7 Å². The van der Waals surface area contributed by atoms with Crippen molar-refractivity contribution < 1.29 is 13.5 Å². The summed E-state index contributed by atoms with van der Waals surface area (Å²) in [4.78, 5) is 26.2. The van der Waals surface area contributed by atoms with Crippen LogP contribution in [0.3, 0.4) is 0 Å². The summed E-state index contributed by atoms with van der Waals surface area (Å²) in [6.07, 6.45) is 3.01. The van der Waals surface area contributed by atoms with Gasteiger partial charge in [-0.15, -0.1) is 0 Å². The van der Waals surface area contributed by atoms with Crippen LogP contribution in [0.15, 0.2) is 47.7 Å². The molecule has 5 aromatic rings. The van der Waals surface area contributed by atoms with Gasteiger partial charge >= 0.3 is 5.69 Å². The Kier molecular flexibility index (Phi) is 5.05. The topological polar surface area (TPSA) is 104 Å². The van der Waals surface area contributed by atoms with Crippen molar-refractivity contribution in [2.24, 2.45) is 7.05 Å². The fraction of sp³-hybridized carbons (Fsp3) is 0.174. The molecule has 0 aliphatic rings. The summed E-state index contributed by atoms with van der Waals surface area (Å²) in [6, 6.07) is 9.00. The number of halogens is 2. The lowest BCUT2D eigenvalue weighted by atomic mass is 10.2. The molecule has 9 nitrogen and oxygen atoms in total. The van der Waals surface area contributed by atoms with Crippen LogP contribution in [0.4, 0.5) is 8.78 Å². The number of nitriles is 1. The number of aryl methyl sites for hydroxylation is 1. The Bertz CT molecular complexity index is 1680. The number of rotatable bonds is 5. The van der Waals surface area contributed by atoms with Gasteiger partial charge in [0.2, 0.25) is 5.95 Å². The molecule has 170 valence electrons. The second kappa shape index (κ2) is 8.08. The Morgan fingerprint density at radius 2 is 1.97 bits per heavy atom. The van der Waals surface area contributed by atoms with E-state index in [-0.39, 0.29) is 36.1 Å². The highest BCUT2D eigenvalue weighted by Gasteiger charge is 2.19. The van der Waals surface area contributed by atoms with Gasteiger partial charge in [0.25, 0.3) is 0 Å². The maximum Gasteiger partial charge on any atom is 0.330 e. The van der Waals surface area contributed by atoms with Gasteiger partial charge in [0, 0.05) is 18.7 Å². The van der Waals surface area contributed by atoms with Crippen molar-refractivity contribution in [3.63, 3.8) is 0 Å². The molecule has 0 bridgehead atoms. The molecule has 0 saturated heterocycles. The van der Waals surface area contributed by atoms with Crippen LogP contribution < -0.4 is 10.4 Å². The lowest BCUT2D eigenvalue weighted by molar-refractivity contribution is 0.315. The average Bonchev–Trinajstić information content (AvgIpc) is 3.35. The van der Waals surface area contributed by atoms with Crippen LogP contribution in [0.1, 0.15) is 18.1 Å². The van der Waals surface area contributed by atoms with Gasteiger partial charge in [0.1, 0.15) is 17.7 Å². The van der Waals surface area contributed by atoms with E-state index in [0.717, 1.165) is 12.1 Å². The number of aromatic nitrogens is 6. The van der Waals surface area contributed by atoms with Gasteiger partial charge in [0.05, 0.1) is 42.0 Å². The van der Waals surface area contributed by atoms with Crippen LogP contribution in [-0.4, -0.2) is 35.3 Å². The Hall–Kier alpha value is -4.59. The van der Waals surface area contributed by atoms with Crippen LogP contribution in [0.25, 0.3) is 28.1 Å². The summed E-state index contributed by atoms with van der Waals surface area (Å²) in [6.45, 7) is 1.69. The molecule has 0 aliphatic heterocycles. The molecule has 0 aliphatic carbocycles. The van der Waals surface area contributed by atoms with E-state index in [1.165, 1.54) is 21.7 Å². The number of hydrogen-bond acceptors (Lipinski definition) is 6. The fourth-order valence-corrected chi connectivity index (χ4v) is 3.87. The molecule has 2 aromatic carbocycles. The summed E-state index contributed by atoms with van der Waals surface area (Å²) in [7, 11) is 1.56. The van der Waals surface area contributed by atoms with E-state index >= 15 is 0 Å². The zero-order valence-corrected chi connectivity index (χ0v) is 18.2. The minimum Gasteiger partial charge on any atom is -0.490 e. The number of benzene rings is 2. The second-order valence-electron chi connectivity index (χ2n) is 7.55. The van der Waals surface area contributed by atoms with E-state index in [1.807, 2.05) is 0 Å². The van der Waals surface area contributed by atoms with E-state index in [9.17, 15) is 18.8 Å². The Balaban J connectivity index is 1.69. The fourth-order valence-electron chi connectivity index (χ4n) is 3.87. The molecule has 0 unspecified atom stereocenters. The number of ether oxygens (including phenoxy) is 1. The van der Waals surface area contributed by atoms with Gasteiger partial charge in [0.15, 0.2) is 17.2 Å². The maximum absolute atomic E-state index is 14.4. The third-order valence-corrected chi connectivity index (χ3v) is 5.47. The largest absolute Gasteiger partial charge is 0.490 e. The van der Waals surface area contributed by atoms with Gasteiger partial charge < -0.3 is 4.74 Å². The zero-order valence-electron chi connectivity index (χ0n) is 18.2. The van der Waals surface area contributed by atoms with Crippen LogP contribution >= 0.6 is 0 Å². The molecule has 0 fully saturated rings. The standard InChI is InChI=1S/C23H17F2N7O2/c1-3-34-20-14(7-15(24)8-16(20)25)11-31-21-19(30(2)23(31)33)10-27-22(29-21)32-12-28-17-5-4-13(9-26)6-18(17)32/h4-8,10,12H,3,11H2,1-2H3. The normalized spacial score (nSPS) is 11.3. The maximum atomic E-state index is 14.4. The van der Waals surface area contributed by atoms with Gasteiger partial charge in [-0.05, 0) is 31.2 Å². The minimum atomic E-state index is -0.848. The lowest BCUT2D eigenvalue weighted by Gasteiger charge is -2.12. The van der Waals surface area contributed by atoms with Crippen molar-refractivity contribution in [2.45, 2.75) is 13.5 Å². The molecule has 3 aromatic heterocycles. The van der Waals surface area contributed by atoms with Crippen LogP contribution in [-0.2, 0) is 13.6 Å². The van der Waals surface area contributed by atoms with Crippen LogP contribution in [0.5, 0.6) is 5.75 Å². The second-order valence-corrected chi connectivity index (χ2v) is 7.55. The van der Waals surface area contributed by atoms with Gasteiger partial charge in [-0.3, -0.25) is 13.7 Å². The van der Waals surface area contributed by atoms with E-state index in [2.05, 4.69) is 21.0 Å². The highest BCUT2D eigenvalue weighted by molar-refractivity contribution is 5.79. The third kappa shape index (κ3) is 3.36. The van der Waals surface area contributed by atoms with Crippen LogP contribution in [0.2, 0.25) is 0 Å². The number of imidazole rings is 2. The molecular formula is C23H17F2N7O2. The predicted octanol–water partition coefficient (Wildman–Crippen LogP) is 3.07. The zero-order chi connectivity index (χ0) is 24.0. The molecule has 0 N–H and O–H groups in total. The molecule has 0 saturated carbocycles. The molecule has 0 spiro atoms. The first-order chi connectivity index (χ1) is 16.4. The van der Waals surface area contributed by atoms with Crippen molar-refractivity contribution in [2.75, 3.05) is 6.61 Å². The smallest absolute Gasteiger partial charge is 0.330 e.